The van der Waals surface area contributed by atoms with Crippen molar-refractivity contribution in [3.05, 3.63) is 50.8 Å². The highest BCUT2D eigenvalue weighted by molar-refractivity contribution is 14.1. The van der Waals surface area contributed by atoms with E-state index < -0.39 is 0 Å². The smallest absolute Gasteiger partial charge is 0.0623 e. The molecule has 0 fully saturated rings. The minimum absolute atomic E-state index is 0.785. The molecule has 0 saturated carbocycles. The maximum absolute atomic E-state index is 5.81. The summed E-state index contributed by atoms with van der Waals surface area (Å²) >= 11 is 8.07. The second kappa shape index (κ2) is 4.99. The van der Waals surface area contributed by atoms with Crippen molar-refractivity contribution in [2.45, 2.75) is 13.0 Å². The number of benzene rings is 1. The number of nitrogens with zero attached hydrogens (tertiary/aromatic N) is 2. The van der Waals surface area contributed by atoms with Crippen molar-refractivity contribution in [2.24, 2.45) is 0 Å². The van der Waals surface area contributed by atoms with Gasteiger partial charge in [0.15, 0.2) is 0 Å². The van der Waals surface area contributed by atoms with Crippen molar-refractivity contribution in [2.75, 3.05) is 0 Å². The van der Waals surface area contributed by atoms with Crippen LogP contribution in [-0.4, -0.2) is 9.78 Å². The van der Waals surface area contributed by atoms with Crippen LogP contribution in [0.4, 0.5) is 0 Å². The van der Waals surface area contributed by atoms with Gasteiger partial charge in [-0.05, 0) is 46.7 Å². The molecule has 0 aliphatic rings. The number of hydrogen-bond donors (Lipinski definition) is 0. The molecule has 2 nitrogen and oxygen atoms in total. The molecular weight excluding hydrogens is 322 g/mol. The van der Waals surface area contributed by atoms with E-state index in [1.54, 1.807) is 0 Å². The van der Waals surface area contributed by atoms with Crippen LogP contribution < -0.4 is 0 Å². The Hall–Kier alpha value is -0.550. The Kier molecular flexibility index (Phi) is 3.64. The van der Waals surface area contributed by atoms with E-state index in [0.29, 0.717) is 0 Å². The number of rotatable bonds is 3. The van der Waals surface area contributed by atoms with Crippen LogP contribution in [0.25, 0.3) is 0 Å². The van der Waals surface area contributed by atoms with Crippen molar-refractivity contribution in [3.63, 3.8) is 0 Å². The summed E-state index contributed by atoms with van der Waals surface area (Å²) in [4.78, 5) is 0. The van der Waals surface area contributed by atoms with Crippen LogP contribution in [0.5, 0.6) is 0 Å². The molecule has 4 heteroatoms. The lowest BCUT2D eigenvalue weighted by Crippen LogP contribution is -2.01. The second-order valence-corrected chi connectivity index (χ2v) is 4.98. The van der Waals surface area contributed by atoms with Crippen LogP contribution in [-0.2, 0) is 13.0 Å². The SMILES string of the molecule is Clc1ccc(CCn2cc(I)cn2)cc1. The normalized spacial score (nSPS) is 10.5. The van der Waals surface area contributed by atoms with E-state index in [0.717, 1.165) is 18.0 Å². The van der Waals surface area contributed by atoms with E-state index in [4.69, 9.17) is 11.6 Å². The average molecular weight is 333 g/mol. The first-order chi connectivity index (χ1) is 7.24. The van der Waals surface area contributed by atoms with E-state index in [1.807, 2.05) is 29.2 Å². The molecule has 0 saturated heterocycles. The lowest BCUT2D eigenvalue weighted by Gasteiger charge is -2.01. The fourth-order valence-corrected chi connectivity index (χ4v) is 1.93. The van der Waals surface area contributed by atoms with Gasteiger partial charge in [0.2, 0.25) is 0 Å². The Bertz CT molecular complexity index is 436. The third kappa shape index (κ3) is 3.21. The first-order valence-electron chi connectivity index (χ1n) is 4.66. The van der Waals surface area contributed by atoms with Gasteiger partial charge in [0.05, 0.1) is 9.77 Å². The molecule has 0 aliphatic carbocycles. The molecule has 0 radical (unpaired) electrons. The molecule has 1 aromatic carbocycles. The Morgan fingerprint density at radius 3 is 2.60 bits per heavy atom. The van der Waals surface area contributed by atoms with Crippen LogP contribution in [0, 0.1) is 3.57 Å². The predicted octanol–water partition coefficient (Wildman–Crippen LogP) is 3.38. The summed E-state index contributed by atoms with van der Waals surface area (Å²) < 4.78 is 3.12. The minimum atomic E-state index is 0.785. The monoisotopic (exact) mass is 332 g/mol. The molecule has 0 bridgehead atoms. The van der Waals surface area contributed by atoms with Crippen molar-refractivity contribution >= 4 is 34.2 Å². The van der Waals surface area contributed by atoms with E-state index in [9.17, 15) is 0 Å². The van der Waals surface area contributed by atoms with Gasteiger partial charge in [-0.25, -0.2) is 0 Å². The summed E-state index contributed by atoms with van der Waals surface area (Å²) in [6, 6.07) is 7.95. The van der Waals surface area contributed by atoms with Crippen LogP contribution in [0.3, 0.4) is 0 Å². The van der Waals surface area contributed by atoms with E-state index in [2.05, 4.69) is 39.8 Å². The van der Waals surface area contributed by atoms with Crippen molar-refractivity contribution < 1.29 is 0 Å². The summed E-state index contributed by atoms with van der Waals surface area (Å²) in [5.41, 5.74) is 1.28. The second-order valence-electron chi connectivity index (χ2n) is 3.30. The van der Waals surface area contributed by atoms with Crippen LogP contribution in [0.2, 0.25) is 5.02 Å². The zero-order valence-corrected chi connectivity index (χ0v) is 10.9. The zero-order valence-electron chi connectivity index (χ0n) is 8.03. The van der Waals surface area contributed by atoms with Crippen molar-refractivity contribution in [1.82, 2.24) is 9.78 Å². The standard InChI is InChI=1S/C11H10ClIN2/c12-10-3-1-9(2-4-10)5-6-15-8-11(13)7-14-15/h1-4,7-8H,5-6H2. The topological polar surface area (TPSA) is 17.8 Å². The van der Waals surface area contributed by atoms with Gasteiger partial charge in [-0.3, -0.25) is 4.68 Å². The molecule has 78 valence electrons. The van der Waals surface area contributed by atoms with Gasteiger partial charge in [-0.2, -0.15) is 5.10 Å². The van der Waals surface area contributed by atoms with E-state index in [1.165, 1.54) is 9.13 Å². The third-order valence-corrected chi connectivity index (χ3v) is 2.95. The third-order valence-electron chi connectivity index (χ3n) is 2.14. The zero-order chi connectivity index (χ0) is 10.7. The molecule has 15 heavy (non-hydrogen) atoms. The van der Waals surface area contributed by atoms with Crippen LogP contribution in [0.1, 0.15) is 5.56 Å². The van der Waals surface area contributed by atoms with Gasteiger partial charge in [0, 0.05) is 17.8 Å². The van der Waals surface area contributed by atoms with Crippen molar-refractivity contribution in [1.29, 1.82) is 0 Å². The number of halogens is 2. The molecular formula is C11H10ClIN2. The van der Waals surface area contributed by atoms with Crippen LogP contribution >= 0.6 is 34.2 Å². The van der Waals surface area contributed by atoms with Gasteiger partial charge in [0.25, 0.3) is 0 Å². The lowest BCUT2D eigenvalue weighted by molar-refractivity contribution is 0.614. The Balaban J connectivity index is 1.96. The van der Waals surface area contributed by atoms with Gasteiger partial charge in [-0.15, -0.1) is 0 Å². The van der Waals surface area contributed by atoms with E-state index in [-0.39, 0.29) is 0 Å². The van der Waals surface area contributed by atoms with Crippen LogP contribution in [0.15, 0.2) is 36.7 Å². The number of aryl methyl sites for hydroxylation is 2. The van der Waals surface area contributed by atoms with Crippen molar-refractivity contribution in [3.8, 4) is 0 Å². The average Bonchev–Trinajstić information content (AvgIpc) is 2.64. The molecule has 0 amide bonds. The Morgan fingerprint density at radius 2 is 2.00 bits per heavy atom. The summed E-state index contributed by atoms with van der Waals surface area (Å²) in [6.45, 7) is 0.907. The molecule has 0 aliphatic heterocycles. The summed E-state index contributed by atoms with van der Waals surface area (Å²) in [5, 5.41) is 5.02. The first-order valence-corrected chi connectivity index (χ1v) is 6.12. The first kappa shape index (κ1) is 11.0. The quantitative estimate of drug-likeness (QED) is 0.788. The minimum Gasteiger partial charge on any atom is -0.271 e. The summed E-state index contributed by atoms with van der Waals surface area (Å²) in [5.74, 6) is 0. The highest BCUT2D eigenvalue weighted by Gasteiger charge is 1.97. The Morgan fingerprint density at radius 1 is 1.27 bits per heavy atom. The van der Waals surface area contributed by atoms with E-state index >= 15 is 0 Å². The summed E-state index contributed by atoms with van der Waals surface area (Å²) in [6.07, 6.45) is 4.88. The van der Waals surface area contributed by atoms with Gasteiger partial charge < -0.3 is 0 Å². The molecule has 2 aromatic rings. The molecule has 0 spiro atoms. The largest absolute Gasteiger partial charge is 0.271 e. The van der Waals surface area contributed by atoms with Gasteiger partial charge in [0.1, 0.15) is 0 Å². The summed E-state index contributed by atoms with van der Waals surface area (Å²) in [7, 11) is 0. The lowest BCUT2D eigenvalue weighted by atomic mass is 10.1. The molecule has 1 heterocycles. The molecule has 2 rings (SSSR count). The maximum atomic E-state index is 5.81. The highest BCUT2D eigenvalue weighted by Crippen LogP contribution is 2.10. The predicted molar refractivity (Wildman–Crippen MR) is 70.1 cm³/mol. The number of aromatic nitrogens is 2. The Labute approximate surface area is 107 Å². The molecule has 0 unspecified atom stereocenters. The molecule has 0 atom stereocenters. The highest BCUT2D eigenvalue weighted by atomic mass is 127. The maximum Gasteiger partial charge on any atom is 0.0623 e. The number of hydrogen-bond acceptors (Lipinski definition) is 1. The van der Waals surface area contributed by atoms with Gasteiger partial charge in [-0.1, -0.05) is 23.7 Å². The fraction of sp³-hybridized carbons (Fsp3) is 0.182. The molecule has 1 aromatic heterocycles. The van der Waals surface area contributed by atoms with Gasteiger partial charge >= 0.3 is 0 Å². The fourth-order valence-electron chi connectivity index (χ4n) is 1.36. The molecule has 0 N–H and O–H groups in total.